The molecule has 0 unspecified atom stereocenters. The average Bonchev–Trinajstić information content (AvgIpc) is 3.09. The van der Waals surface area contributed by atoms with Gasteiger partial charge in [-0.25, -0.2) is 14.6 Å². The zero-order chi connectivity index (χ0) is 21.7. The Morgan fingerprint density at radius 2 is 1.87 bits per heavy atom. The van der Waals surface area contributed by atoms with E-state index in [1.54, 1.807) is 28.8 Å². The second kappa shape index (κ2) is 9.56. The van der Waals surface area contributed by atoms with Crippen molar-refractivity contribution in [2.24, 2.45) is 5.92 Å². The Hall–Kier alpha value is -3.16. The fraction of sp³-hybridized carbons (Fsp3) is 0.455. The molecule has 8 nitrogen and oxygen atoms in total. The van der Waals surface area contributed by atoms with Gasteiger partial charge in [0.05, 0.1) is 5.56 Å². The zero-order valence-corrected chi connectivity index (χ0v) is 17.7. The number of nitrogens with one attached hydrogen (secondary N) is 1. The van der Waals surface area contributed by atoms with Crippen LogP contribution in [0.3, 0.4) is 0 Å². The van der Waals surface area contributed by atoms with Gasteiger partial charge in [-0.15, -0.1) is 0 Å². The van der Waals surface area contributed by atoms with Crippen molar-refractivity contribution >= 4 is 17.1 Å². The highest BCUT2D eigenvalue weighted by Gasteiger charge is 2.20. The molecule has 0 bridgehead atoms. The first-order chi connectivity index (χ1) is 14.4. The van der Waals surface area contributed by atoms with Gasteiger partial charge in [0.1, 0.15) is 12.4 Å². The van der Waals surface area contributed by atoms with E-state index < -0.39 is 17.2 Å². The van der Waals surface area contributed by atoms with Gasteiger partial charge < -0.3 is 9.30 Å². The topological polar surface area (TPSA) is 99.0 Å². The molecule has 3 aromatic rings. The quantitative estimate of drug-likeness (QED) is 0.545. The van der Waals surface area contributed by atoms with E-state index in [1.807, 2.05) is 13.0 Å². The second-order valence-electron chi connectivity index (χ2n) is 7.74. The molecule has 1 N–H and O–H groups in total. The van der Waals surface area contributed by atoms with Crippen LogP contribution in [0, 0.1) is 5.92 Å². The minimum atomic E-state index is -0.473. The molecule has 1 aromatic carbocycles. The molecule has 0 amide bonds. The lowest BCUT2D eigenvalue weighted by Crippen LogP contribution is -2.31. The summed E-state index contributed by atoms with van der Waals surface area (Å²) in [6.45, 7) is 7.14. The number of rotatable bonds is 9. The number of carbonyl (C=O) groups excluding carboxylic acids is 1. The van der Waals surface area contributed by atoms with E-state index >= 15 is 0 Å². The molecule has 0 fully saturated rings. The molecule has 2 heterocycles. The summed E-state index contributed by atoms with van der Waals surface area (Å²) < 4.78 is 8.73. The number of benzene rings is 1. The predicted octanol–water partition coefficient (Wildman–Crippen LogP) is 3.09. The molecule has 0 saturated carbocycles. The molecule has 3 rings (SSSR count). The fourth-order valence-electron chi connectivity index (χ4n) is 3.27. The number of ether oxygens (including phenoxy) is 1. The molecule has 30 heavy (non-hydrogen) atoms. The molecule has 0 spiro atoms. The third-order valence-corrected chi connectivity index (χ3v) is 4.97. The van der Waals surface area contributed by atoms with Crippen LogP contribution >= 0.6 is 0 Å². The number of hydrogen-bond donors (Lipinski definition) is 1. The monoisotopic (exact) mass is 412 g/mol. The minimum absolute atomic E-state index is 0.0814. The lowest BCUT2D eigenvalue weighted by atomic mass is 10.1. The van der Waals surface area contributed by atoms with Gasteiger partial charge in [-0.2, -0.15) is 0 Å². The first kappa shape index (κ1) is 21.5. The van der Waals surface area contributed by atoms with Gasteiger partial charge in [0, 0.05) is 13.1 Å². The molecule has 8 heteroatoms. The van der Waals surface area contributed by atoms with Crippen LogP contribution in [0.15, 0.2) is 39.9 Å². The number of fused-ring (bicyclic) bond motifs is 1. The van der Waals surface area contributed by atoms with E-state index in [2.05, 4.69) is 23.8 Å². The minimum Gasteiger partial charge on any atom is -0.454 e. The van der Waals surface area contributed by atoms with Gasteiger partial charge in [0.25, 0.3) is 5.56 Å². The summed E-state index contributed by atoms with van der Waals surface area (Å²) in [5.41, 5.74) is 0.186. The lowest BCUT2D eigenvalue weighted by Gasteiger charge is -2.11. The van der Waals surface area contributed by atoms with Crippen LogP contribution in [0.25, 0.3) is 11.2 Å². The first-order valence-electron chi connectivity index (χ1n) is 10.4. The number of aromatic amines is 1. The molecule has 2 aromatic heterocycles. The smallest absolute Gasteiger partial charge is 0.338 e. The average molecular weight is 412 g/mol. The highest BCUT2D eigenvalue weighted by Crippen LogP contribution is 2.16. The van der Waals surface area contributed by atoms with Crippen LogP contribution < -0.4 is 11.2 Å². The summed E-state index contributed by atoms with van der Waals surface area (Å²) in [5.74, 6) is 0.402. The van der Waals surface area contributed by atoms with Gasteiger partial charge in [-0.3, -0.25) is 14.3 Å². The van der Waals surface area contributed by atoms with Crippen LogP contribution in [-0.2, 0) is 24.4 Å². The van der Waals surface area contributed by atoms with Crippen LogP contribution in [0.5, 0.6) is 0 Å². The Morgan fingerprint density at radius 1 is 1.13 bits per heavy atom. The molecule has 0 aliphatic rings. The Kier molecular flexibility index (Phi) is 6.87. The number of aryl methyl sites for hydroxylation is 2. The van der Waals surface area contributed by atoms with E-state index in [1.165, 1.54) is 4.57 Å². The van der Waals surface area contributed by atoms with Gasteiger partial charge >= 0.3 is 11.7 Å². The van der Waals surface area contributed by atoms with Gasteiger partial charge in [0.2, 0.25) is 0 Å². The van der Waals surface area contributed by atoms with Gasteiger partial charge in [0.15, 0.2) is 11.2 Å². The number of esters is 1. The van der Waals surface area contributed by atoms with E-state index in [-0.39, 0.29) is 6.61 Å². The van der Waals surface area contributed by atoms with Crippen molar-refractivity contribution in [1.82, 2.24) is 19.1 Å². The van der Waals surface area contributed by atoms with Crippen molar-refractivity contribution in [3.05, 3.63) is 62.6 Å². The van der Waals surface area contributed by atoms with E-state index in [9.17, 15) is 14.4 Å². The molecular weight excluding hydrogens is 384 g/mol. The molecule has 0 aliphatic heterocycles. The van der Waals surface area contributed by atoms with Crippen molar-refractivity contribution < 1.29 is 9.53 Å². The highest BCUT2D eigenvalue weighted by atomic mass is 16.5. The standard InChI is InChI=1S/C22H28N4O4/c1-4-5-12-26-19-18(20(27)24-22(26)29)25(13-11-15(2)3)17(23-19)14-30-21(28)16-9-7-6-8-10-16/h6-10,15H,4-5,11-14H2,1-3H3,(H,24,27,29). The highest BCUT2D eigenvalue weighted by molar-refractivity contribution is 5.89. The van der Waals surface area contributed by atoms with Crippen LogP contribution in [-0.4, -0.2) is 25.1 Å². The molecule has 0 aliphatic carbocycles. The molecule has 0 radical (unpaired) electrons. The van der Waals surface area contributed by atoms with E-state index in [0.717, 1.165) is 19.3 Å². The maximum absolute atomic E-state index is 12.6. The molecule has 0 saturated heterocycles. The maximum Gasteiger partial charge on any atom is 0.338 e. The second-order valence-corrected chi connectivity index (χ2v) is 7.74. The lowest BCUT2D eigenvalue weighted by molar-refractivity contribution is 0.0458. The number of unbranched alkanes of at least 4 members (excludes halogenated alkanes) is 1. The summed E-state index contributed by atoms with van der Waals surface area (Å²) >= 11 is 0. The summed E-state index contributed by atoms with van der Waals surface area (Å²) in [6, 6.07) is 8.71. The first-order valence-corrected chi connectivity index (χ1v) is 10.4. The van der Waals surface area contributed by atoms with Crippen molar-refractivity contribution in [1.29, 1.82) is 0 Å². The summed E-state index contributed by atoms with van der Waals surface area (Å²) in [6.07, 6.45) is 2.51. The Balaban J connectivity index is 2.01. The van der Waals surface area contributed by atoms with Crippen molar-refractivity contribution in [3.8, 4) is 0 Å². The Labute approximate surface area is 174 Å². The van der Waals surface area contributed by atoms with Crippen molar-refractivity contribution in [3.63, 3.8) is 0 Å². The molecular formula is C22H28N4O4. The van der Waals surface area contributed by atoms with Crippen LogP contribution in [0.4, 0.5) is 0 Å². The van der Waals surface area contributed by atoms with E-state index in [4.69, 9.17) is 4.74 Å². The fourth-order valence-corrected chi connectivity index (χ4v) is 3.27. The van der Waals surface area contributed by atoms with Crippen LogP contribution in [0.2, 0.25) is 0 Å². The number of imidazole rings is 1. The van der Waals surface area contributed by atoms with Crippen molar-refractivity contribution in [2.45, 2.75) is 59.7 Å². The number of carbonyl (C=O) groups is 1. The van der Waals surface area contributed by atoms with E-state index in [0.29, 0.717) is 41.6 Å². The SMILES string of the molecule is CCCCn1c(=O)[nH]c(=O)c2c1nc(COC(=O)c1ccccc1)n2CCC(C)C. The number of H-pyrrole nitrogens is 1. The maximum atomic E-state index is 12.6. The Bertz CT molecular complexity index is 1130. The van der Waals surface area contributed by atoms with Gasteiger partial charge in [-0.05, 0) is 30.9 Å². The predicted molar refractivity (Wildman–Crippen MR) is 115 cm³/mol. The van der Waals surface area contributed by atoms with Crippen LogP contribution in [0.1, 0.15) is 56.2 Å². The number of hydrogen-bond acceptors (Lipinski definition) is 5. The van der Waals surface area contributed by atoms with Gasteiger partial charge in [-0.1, -0.05) is 45.4 Å². The summed E-state index contributed by atoms with van der Waals surface area (Å²) in [7, 11) is 0. The number of nitrogens with zero attached hydrogens (tertiary/aromatic N) is 3. The molecule has 0 atom stereocenters. The Morgan fingerprint density at radius 3 is 2.53 bits per heavy atom. The third-order valence-electron chi connectivity index (χ3n) is 4.97. The largest absolute Gasteiger partial charge is 0.454 e. The van der Waals surface area contributed by atoms with Crippen molar-refractivity contribution in [2.75, 3.05) is 0 Å². The normalized spacial score (nSPS) is 11.3. The summed E-state index contributed by atoms with van der Waals surface area (Å²) in [4.78, 5) is 44.3. The number of aromatic nitrogens is 4. The third kappa shape index (κ3) is 4.69. The zero-order valence-electron chi connectivity index (χ0n) is 17.7. The molecule has 160 valence electrons. The summed E-state index contributed by atoms with van der Waals surface area (Å²) in [5, 5.41) is 0.